The Balaban J connectivity index is 1.70. The number of carbonyl (C=O) groups excluding carboxylic acids is 1. The van der Waals surface area contributed by atoms with Crippen LogP contribution < -0.4 is 5.32 Å². The highest BCUT2D eigenvalue weighted by molar-refractivity contribution is 6.03. The van der Waals surface area contributed by atoms with E-state index in [1.807, 2.05) is 0 Å². The van der Waals surface area contributed by atoms with Gasteiger partial charge >= 0.3 is 0 Å². The topological polar surface area (TPSA) is 91.2 Å². The summed E-state index contributed by atoms with van der Waals surface area (Å²) in [5, 5.41) is 20.4. The Bertz CT molecular complexity index is 1090. The van der Waals surface area contributed by atoms with Crippen molar-refractivity contribution in [2.45, 2.75) is 6.54 Å². The highest BCUT2D eigenvalue weighted by Gasteiger charge is 2.17. The summed E-state index contributed by atoms with van der Waals surface area (Å²) >= 11 is 0. The number of fused-ring (bicyclic) bond motifs is 1. The molecule has 0 atom stereocenters. The van der Waals surface area contributed by atoms with Gasteiger partial charge in [0.2, 0.25) is 0 Å². The number of hydrogen-bond donors (Lipinski definition) is 3. The summed E-state index contributed by atoms with van der Waals surface area (Å²) in [7, 11) is 0. The van der Waals surface area contributed by atoms with Crippen molar-refractivity contribution < 1.29 is 18.7 Å². The van der Waals surface area contributed by atoms with Gasteiger partial charge in [-0.25, -0.2) is 4.39 Å². The molecule has 0 unspecified atom stereocenters. The molecule has 4 rings (SSSR count). The molecular formula is C19H14FN3O3. The Kier molecular flexibility index (Phi) is 3.89. The molecule has 2 aromatic carbocycles. The molecule has 130 valence electrons. The fourth-order valence-electron chi connectivity index (χ4n) is 2.77. The molecule has 6 nitrogen and oxygen atoms in total. The minimum absolute atomic E-state index is 0.100. The summed E-state index contributed by atoms with van der Waals surface area (Å²) in [5.74, 6) is -0.410. The second-order valence-electron chi connectivity index (χ2n) is 5.76. The molecule has 7 heteroatoms. The smallest absolute Gasteiger partial charge is 0.255 e. The standard InChI is InChI=1S/C19H14FN3O3/c20-12-4-1-3-11(7-12)18-14-8-15(17(24)9-16(14)22-23-18)19(25)21-10-13-5-2-6-26-13/h1-9,24H,10H2,(H,21,25)(H,22,23). The van der Waals surface area contributed by atoms with Gasteiger partial charge in [-0.3, -0.25) is 9.89 Å². The van der Waals surface area contributed by atoms with Crippen molar-refractivity contribution in [3.8, 4) is 17.0 Å². The van der Waals surface area contributed by atoms with E-state index in [4.69, 9.17) is 4.42 Å². The summed E-state index contributed by atoms with van der Waals surface area (Å²) in [6.07, 6.45) is 1.52. The maximum Gasteiger partial charge on any atom is 0.255 e. The van der Waals surface area contributed by atoms with Gasteiger partial charge in [0.25, 0.3) is 5.91 Å². The first kappa shape index (κ1) is 15.9. The fourth-order valence-corrected chi connectivity index (χ4v) is 2.77. The van der Waals surface area contributed by atoms with Crippen LogP contribution in [0.1, 0.15) is 16.1 Å². The second kappa shape index (κ2) is 6.36. The van der Waals surface area contributed by atoms with Crippen LogP contribution in [0.4, 0.5) is 4.39 Å². The van der Waals surface area contributed by atoms with Gasteiger partial charge in [-0.1, -0.05) is 12.1 Å². The number of furan rings is 1. The molecule has 26 heavy (non-hydrogen) atoms. The van der Waals surface area contributed by atoms with Crippen molar-refractivity contribution in [3.63, 3.8) is 0 Å². The van der Waals surface area contributed by atoms with E-state index in [0.717, 1.165) is 0 Å². The lowest BCUT2D eigenvalue weighted by Gasteiger charge is -2.06. The molecule has 2 aromatic heterocycles. The Morgan fingerprint density at radius 3 is 2.88 bits per heavy atom. The molecule has 3 N–H and O–H groups in total. The van der Waals surface area contributed by atoms with Crippen molar-refractivity contribution >= 4 is 16.8 Å². The van der Waals surface area contributed by atoms with E-state index < -0.39 is 5.91 Å². The zero-order chi connectivity index (χ0) is 18.1. The lowest BCUT2D eigenvalue weighted by atomic mass is 10.0. The van der Waals surface area contributed by atoms with Crippen LogP contribution in [0.3, 0.4) is 0 Å². The third-order valence-corrected chi connectivity index (χ3v) is 4.03. The fraction of sp³-hybridized carbons (Fsp3) is 0.0526. The quantitative estimate of drug-likeness (QED) is 0.524. The number of nitrogens with zero attached hydrogens (tertiary/aromatic N) is 1. The number of nitrogens with one attached hydrogen (secondary N) is 2. The molecule has 0 aliphatic heterocycles. The van der Waals surface area contributed by atoms with Crippen LogP contribution in [-0.2, 0) is 6.54 Å². The van der Waals surface area contributed by atoms with E-state index in [9.17, 15) is 14.3 Å². The number of rotatable bonds is 4. The van der Waals surface area contributed by atoms with E-state index in [2.05, 4.69) is 15.5 Å². The molecule has 0 saturated carbocycles. The zero-order valence-corrected chi connectivity index (χ0v) is 13.5. The van der Waals surface area contributed by atoms with Gasteiger partial charge in [0.1, 0.15) is 23.0 Å². The molecule has 4 aromatic rings. The number of aromatic hydroxyl groups is 1. The summed E-state index contributed by atoms with van der Waals surface area (Å²) in [4.78, 5) is 12.4. The SMILES string of the molecule is O=C(NCc1ccco1)c1cc2c(-c3cccc(F)c3)n[nH]c2cc1O. The first-order valence-electron chi connectivity index (χ1n) is 7.89. The van der Waals surface area contributed by atoms with Crippen molar-refractivity contribution in [2.75, 3.05) is 0 Å². The number of aromatic nitrogens is 2. The van der Waals surface area contributed by atoms with E-state index in [1.165, 1.54) is 30.5 Å². The minimum atomic E-state index is -0.452. The van der Waals surface area contributed by atoms with Crippen LogP contribution in [0.2, 0.25) is 0 Å². The molecule has 2 heterocycles. The van der Waals surface area contributed by atoms with Crippen LogP contribution in [0, 0.1) is 5.82 Å². The molecule has 0 aliphatic rings. The highest BCUT2D eigenvalue weighted by atomic mass is 19.1. The Morgan fingerprint density at radius 2 is 2.12 bits per heavy atom. The molecule has 0 saturated heterocycles. The summed E-state index contributed by atoms with van der Waals surface area (Å²) < 4.78 is 18.7. The third kappa shape index (κ3) is 2.90. The van der Waals surface area contributed by atoms with E-state index in [1.54, 1.807) is 24.3 Å². The molecule has 0 spiro atoms. The first-order valence-corrected chi connectivity index (χ1v) is 7.89. The van der Waals surface area contributed by atoms with Crippen LogP contribution in [0.5, 0.6) is 5.75 Å². The number of phenols is 1. The van der Waals surface area contributed by atoms with Gasteiger partial charge in [0.05, 0.1) is 23.9 Å². The summed E-state index contributed by atoms with van der Waals surface area (Å²) in [6.45, 7) is 0.200. The second-order valence-corrected chi connectivity index (χ2v) is 5.76. The van der Waals surface area contributed by atoms with Crippen molar-refractivity contribution in [2.24, 2.45) is 0 Å². The lowest BCUT2D eigenvalue weighted by Crippen LogP contribution is -2.22. The molecular weight excluding hydrogens is 337 g/mol. The number of carbonyl (C=O) groups is 1. The lowest BCUT2D eigenvalue weighted by molar-refractivity contribution is 0.0945. The van der Waals surface area contributed by atoms with Crippen molar-refractivity contribution in [1.82, 2.24) is 15.5 Å². The maximum atomic E-state index is 13.5. The van der Waals surface area contributed by atoms with Crippen LogP contribution in [-0.4, -0.2) is 21.2 Å². The number of halogens is 1. The minimum Gasteiger partial charge on any atom is -0.507 e. The van der Waals surface area contributed by atoms with E-state index >= 15 is 0 Å². The van der Waals surface area contributed by atoms with Gasteiger partial charge in [-0.05, 0) is 30.3 Å². The predicted molar refractivity (Wildman–Crippen MR) is 93.0 cm³/mol. The van der Waals surface area contributed by atoms with Gasteiger partial charge in [0.15, 0.2) is 0 Å². The molecule has 0 radical (unpaired) electrons. The van der Waals surface area contributed by atoms with Crippen molar-refractivity contribution in [3.05, 3.63) is 71.9 Å². The zero-order valence-electron chi connectivity index (χ0n) is 13.5. The number of benzene rings is 2. The summed E-state index contributed by atoms with van der Waals surface area (Å²) in [6, 6.07) is 12.4. The van der Waals surface area contributed by atoms with Crippen LogP contribution in [0.15, 0.2) is 59.2 Å². The van der Waals surface area contributed by atoms with Crippen molar-refractivity contribution in [1.29, 1.82) is 0 Å². The number of phenolic OH excluding ortho intramolecular Hbond substituents is 1. The van der Waals surface area contributed by atoms with Crippen LogP contribution >= 0.6 is 0 Å². The number of aromatic amines is 1. The Morgan fingerprint density at radius 1 is 1.23 bits per heavy atom. The molecule has 0 bridgehead atoms. The average Bonchev–Trinajstić information content (AvgIpc) is 3.28. The van der Waals surface area contributed by atoms with Crippen LogP contribution in [0.25, 0.3) is 22.2 Å². The van der Waals surface area contributed by atoms with Gasteiger partial charge in [0, 0.05) is 17.0 Å². The number of amides is 1. The van der Waals surface area contributed by atoms with E-state index in [0.29, 0.717) is 27.9 Å². The highest BCUT2D eigenvalue weighted by Crippen LogP contribution is 2.31. The maximum absolute atomic E-state index is 13.5. The van der Waals surface area contributed by atoms with Gasteiger partial charge in [-0.15, -0.1) is 0 Å². The van der Waals surface area contributed by atoms with E-state index in [-0.39, 0.29) is 23.7 Å². The molecule has 0 fully saturated rings. The average molecular weight is 351 g/mol. The largest absolute Gasteiger partial charge is 0.507 e. The Labute approximate surface area is 147 Å². The number of hydrogen-bond acceptors (Lipinski definition) is 4. The Hall–Kier alpha value is -3.61. The predicted octanol–water partition coefficient (Wildman–Crippen LogP) is 3.60. The first-order chi connectivity index (χ1) is 12.6. The van der Waals surface area contributed by atoms with Gasteiger partial charge < -0.3 is 14.8 Å². The molecule has 0 aliphatic carbocycles. The molecule has 1 amide bonds. The third-order valence-electron chi connectivity index (χ3n) is 4.03. The van der Waals surface area contributed by atoms with Gasteiger partial charge in [-0.2, -0.15) is 5.10 Å². The normalized spacial score (nSPS) is 11.0. The number of H-pyrrole nitrogens is 1. The monoisotopic (exact) mass is 351 g/mol. The summed E-state index contributed by atoms with van der Waals surface area (Å²) in [5.41, 5.74) is 1.72.